The van der Waals surface area contributed by atoms with Crippen LogP contribution in [0, 0.1) is 11.8 Å². The number of carbonyl (C=O) groups excluding carboxylic acids is 1. The third-order valence-electron chi connectivity index (χ3n) is 6.28. The SMILES string of the molecule is CC(C)OC(=O)CCN1CCC(CCCC2CCN(CCC(=O)O)CC2)CC1. The summed E-state index contributed by atoms with van der Waals surface area (Å²) >= 11 is 0. The molecule has 2 saturated heterocycles. The van der Waals surface area contributed by atoms with Crippen molar-refractivity contribution in [3.8, 4) is 0 Å². The maximum Gasteiger partial charge on any atom is 0.307 e. The van der Waals surface area contributed by atoms with Gasteiger partial charge in [-0.3, -0.25) is 9.59 Å². The largest absolute Gasteiger partial charge is 0.481 e. The Labute approximate surface area is 170 Å². The second-order valence-electron chi connectivity index (χ2n) is 8.93. The molecule has 6 heteroatoms. The predicted molar refractivity (Wildman–Crippen MR) is 110 cm³/mol. The number of carbonyl (C=O) groups is 2. The van der Waals surface area contributed by atoms with Gasteiger partial charge in [0.25, 0.3) is 0 Å². The second kappa shape index (κ2) is 12.4. The number of likely N-dealkylation sites (tertiary alicyclic amines) is 2. The van der Waals surface area contributed by atoms with Crippen molar-refractivity contribution in [2.24, 2.45) is 11.8 Å². The molecule has 0 radical (unpaired) electrons. The van der Waals surface area contributed by atoms with E-state index in [4.69, 9.17) is 9.84 Å². The summed E-state index contributed by atoms with van der Waals surface area (Å²) < 4.78 is 5.21. The van der Waals surface area contributed by atoms with Crippen LogP contribution in [-0.2, 0) is 14.3 Å². The van der Waals surface area contributed by atoms with E-state index >= 15 is 0 Å². The molecule has 162 valence electrons. The Kier molecular flexibility index (Phi) is 10.3. The molecule has 6 nitrogen and oxygen atoms in total. The van der Waals surface area contributed by atoms with Crippen LogP contribution in [0.15, 0.2) is 0 Å². The summed E-state index contributed by atoms with van der Waals surface area (Å²) in [4.78, 5) is 27.0. The predicted octanol–water partition coefficient (Wildman–Crippen LogP) is 3.40. The number of aliphatic carboxylic acids is 1. The lowest BCUT2D eigenvalue weighted by molar-refractivity contribution is -0.147. The Hall–Kier alpha value is -1.14. The van der Waals surface area contributed by atoms with Crippen molar-refractivity contribution in [1.29, 1.82) is 0 Å². The first-order valence-corrected chi connectivity index (χ1v) is 11.3. The maximum atomic E-state index is 11.7. The summed E-state index contributed by atoms with van der Waals surface area (Å²) in [6, 6.07) is 0. The summed E-state index contributed by atoms with van der Waals surface area (Å²) in [6.07, 6.45) is 9.71. The first-order chi connectivity index (χ1) is 13.4. The highest BCUT2D eigenvalue weighted by molar-refractivity contribution is 5.69. The van der Waals surface area contributed by atoms with Crippen LogP contribution in [0.25, 0.3) is 0 Å². The van der Waals surface area contributed by atoms with Crippen molar-refractivity contribution < 1.29 is 19.4 Å². The molecule has 2 heterocycles. The number of rotatable bonds is 11. The fourth-order valence-electron chi connectivity index (χ4n) is 4.52. The number of ether oxygens (including phenoxy) is 1. The summed E-state index contributed by atoms with van der Waals surface area (Å²) in [5.74, 6) is 0.900. The first-order valence-electron chi connectivity index (χ1n) is 11.3. The molecule has 0 aromatic heterocycles. The van der Waals surface area contributed by atoms with Crippen molar-refractivity contribution >= 4 is 11.9 Å². The topological polar surface area (TPSA) is 70.1 Å². The van der Waals surface area contributed by atoms with E-state index in [1.54, 1.807) is 0 Å². The van der Waals surface area contributed by atoms with Gasteiger partial charge in [-0.05, 0) is 77.5 Å². The smallest absolute Gasteiger partial charge is 0.307 e. The number of hydrogen-bond donors (Lipinski definition) is 1. The first kappa shape index (κ1) is 23.1. The average Bonchev–Trinajstić information content (AvgIpc) is 2.66. The van der Waals surface area contributed by atoms with Gasteiger partial charge in [0.2, 0.25) is 0 Å². The monoisotopic (exact) mass is 396 g/mol. The van der Waals surface area contributed by atoms with Gasteiger partial charge in [-0.2, -0.15) is 0 Å². The van der Waals surface area contributed by atoms with Crippen molar-refractivity contribution in [1.82, 2.24) is 9.80 Å². The quantitative estimate of drug-likeness (QED) is 0.540. The minimum absolute atomic E-state index is 0.0183. The highest BCUT2D eigenvalue weighted by Gasteiger charge is 2.22. The Balaban J connectivity index is 1.49. The Morgan fingerprint density at radius 2 is 1.36 bits per heavy atom. The summed E-state index contributed by atoms with van der Waals surface area (Å²) in [5, 5.41) is 8.79. The van der Waals surface area contributed by atoms with E-state index in [9.17, 15) is 9.59 Å². The van der Waals surface area contributed by atoms with Gasteiger partial charge in [0.1, 0.15) is 0 Å². The highest BCUT2D eigenvalue weighted by atomic mass is 16.5. The van der Waals surface area contributed by atoms with Crippen LogP contribution in [0.5, 0.6) is 0 Å². The zero-order valence-electron chi connectivity index (χ0n) is 17.9. The van der Waals surface area contributed by atoms with E-state index in [-0.39, 0.29) is 18.5 Å². The number of nitrogens with zero attached hydrogens (tertiary/aromatic N) is 2. The van der Waals surface area contributed by atoms with Crippen LogP contribution < -0.4 is 0 Å². The normalized spacial score (nSPS) is 20.5. The standard InChI is InChI=1S/C22H40N2O4/c1-18(2)28-22(27)11-17-24-14-8-20(9-15-24)5-3-4-19-6-12-23(13-7-19)16-10-21(25)26/h18-20H,3-17H2,1-2H3,(H,25,26). The molecule has 28 heavy (non-hydrogen) atoms. The van der Waals surface area contributed by atoms with Gasteiger partial charge in [-0.15, -0.1) is 0 Å². The number of esters is 1. The number of piperidine rings is 2. The molecule has 2 aliphatic rings. The Bertz CT molecular complexity index is 467. The lowest BCUT2D eigenvalue weighted by Gasteiger charge is -2.33. The zero-order chi connectivity index (χ0) is 20.4. The van der Waals surface area contributed by atoms with Crippen LogP contribution >= 0.6 is 0 Å². The molecule has 0 saturated carbocycles. The van der Waals surface area contributed by atoms with Crippen LogP contribution in [0.2, 0.25) is 0 Å². The zero-order valence-corrected chi connectivity index (χ0v) is 17.9. The van der Waals surface area contributed by atoms with Gasteiger partial charge in [-0.25, -0.2) is 0 Å². The van der Waals surface area contributed by atoms with E-state index < -0.39 is 5.97 Å². The molecular weight excluding hydrogens is 356 g/mol. The lowest BCUT2D eigenvalue weighted by Crippen LogP contribution is -2.36. The van der Waals surface area contributed by atoms with Crippen molar-refractivity contribution in [2.75, 3.05) is 39.3 Å². The minimum Gasteiger partial charge on any atom is -0.481 e. The van der Waals surface area contributed by atoms with Gasteiger partial charge >= 0.3 is 11.9 Å². The maximum absolute atomic E-state index is 11.7. The van der Waals surface area contributed by atoms with Gasteiger partial charge in [-0.1, -0.05) is 19.3 Å². The highest BCUT2D eigenvalue weighted by Crippen LogP contribution is 2.27. The van der Waals surface area contributed by atoms with Crippen molar-refractivity contribution in [3.63, 3.8) is 0 Å². The Morgan fingerprint density at radius 3 is 1.79 bits per heavy atom. The fraction of sp³-hybridized carbons (Fsp3) is 0.909. The molecule has 0 spiro atoms. The number of hydrogen-bond acceptors (Lipinski definition) is 5. The molecule has 0 aliphatic carbocycles. The Morgan fingerprint density at radius 1 is 0.893 bits per heavy atom. The molecular formula is C22H40N2O4. The molecule has 2 rings (SSSR count). The molecule has 2 fully saturated rings. The van der Waals surface area contributed by atoms with E-state index in [2.05, 4.69) is 9.80 Å². The van der Waals surface area contributed by atoms with Gasteiger partial charge in [0.05, 0.1) is 18.9 Å². The third-order valence-corrected chi connectivity index (χ3v) is 6.28. The van der Waals surface area contributed by atoms with Crippen molar-refractivity contribution in [3.05, 3.63) is 0 Å². The lowest BCUT2D eigenvalue weighted by atomic mass is 9.87. The fourth-order valence-corrected chi connectivity index (χ4v) is 4.52. The van der Waals surface area contributed by atoms with Gasteiger partial charge in [0, 0.05) is 13.1 Å². The minimum atomic E-state index is -0.691. The molecule has 0 bridgehead atoms. The number of carboxylic acids is 1. The second-order valence-corrected chi connectivity index (χ2v) is 8.93. The van der Waals surface area contributed by atoms with E-state index in [1.807, 2.05) is 13.8 Å². The van der Waals surface area contributed by atoms with E-state index in [0.29, 0.717) is 13.0 Å². The summed E-state index contributed by atoms with van der Waals surface area (Å²) in [5.41, 5.74) is 0. The van der Waals surface area contributed by atoms with Gasteiger partial charge < -0.3 is 19.6 Å². The molecule has 0 amide bonds. The van der Waals surface area contributed by atoms with E-state index in [0.717, 1.165) is 44.6 Å². The van der Waals surface area contributed by atoms with Crippen LogP contribution in [0.1, 0.15) is 71.6 Å². The summed E-state index contributed by atoms with van der Waals surface area (Å²) in [7, 11) is 0. The summed E-state index contributed by atoms with van der Waals surface area (Å²) in [6.45, 7) is 9.68. The van der Waals surface area contributed by atoms with Crippen molar-refractivity contribution in [2.45, 2.75) is 77.7 Å². The van der Waals surface area contributed by atoms with Gasteiger partial charge in [0.15, 0.2) is 0 Å². The molecule has 0 atom stereocenters. The van der Waals surface area contributed by atoms with Crippen LogP contribution in [0.4, 0.5) is 0 Å². The average molecular weight is 397 g/mol. The number of carboxylic acid groups (broad SMARTS) is 1. The molecule has 0 unspecified atom stereocenters. The van der Waals surface area contributed by atoms with Crippen LogP contribution in [0.3, 0.4) is 0 Å². The molecule has 0 aromatic carbocycles. The molecule has 1 N–H and O–H groups in total. The van der Waals surface area contributed by atoms with E-state index in [1.165, 1.54) is 44.9 Å². The third kappa shape index (κ3) is 9.37. The molecule has 0 aromatic rings. The van der Waals surface area contributed by atoms with Crippen LogP contribution in [-0.4, -0.2) is 72.2 Å². The molecule has 2 aliphatic heterocycles.